The number of hydrogen-bond acceptors (Lipinski definition) is 2. The number of hydrogen-bond donors (Lipinski definition) is 0. The first-order valence-electron chi connectivity index (χ1n) is 7.83. The van der Waals surface area contributed by atoms with Gasteiger partial charge in [-0.05, 0) is 0 Å². The van der Waals surface area contributed by atoms with E-state index in [2.05, 4.69) is 79.5 Å². The van der Waals surface area contributed by atoms with E-state index >= 15 is 0 Å². The summed E-state index contributed by atoms with van der Waals surface area (Å²) in [7, 11) is 0. The van der Waals surface area contributed by atoms with Gasteiger partial charge in [0.05, 0.1) is 0 Å². The maximum atomic E-state index is 4.91. The van der Waals surface area contributed by atoms with Gasteiger partial charge >= 0.3 is 139 Å². The van der Waals surface area contributed by atoms with Gasteiger partial charge in [0.1, 0.15) is 0 Å². The first kappa shape index (κ1) is 15.3. The average Bonchev–Trinajstić information content (AvgIpc) is 2.99. The summed E-state index contributed by atoms with van der Waals surface area (Å²) in [5, 5.41) is 8.36. The van der Waals surface area contributed by atoms with Crippen LogP contribution in [0, 0.1) is 5.92 Å². The van der Waals surface area contributed by atoms with Gasteiger partial charge in [0.2, 0.25) is 0 Å². The van der Waals surface area contributed by atoms with Crippen molar-refractivity contribution in [2.75, 3.05) is 5.01 Å². The Bertz CT molecular complexity index is 622. The zero-order chi connectivity index (χ0) is 15.4. The summed E-state index contributed by atoms with van der Waals surface area (Å²) in [6.07, 6.45) is 1.10. The summed E-state index contributed by atoms with van der Waals surface area (Å²) in [6.45, 7) is 4.49. The summed E-state index contributed by atoms with van der Waals surface area (Å²) in [5.74, 6) is 0.528. The van der Waals surface area contributed by atoms with E-state index in [0.29, 0.717) is 26.9 Å². The Morgan fingerprint density at radius 3 is 2.32 bits per heavy atom. The summed E-state index contributed by atoms with van der Waals surface area (Å²) in [6, 6.07) is 21.9. The molecule has 0 N–H and O–H groups in total. The maximum absolute atomic E-state index is 4.91. The van der Waals surface area contributed by atoms with Crippen molar-refractivity contribution in [1.29, 1.82) is 0 Å². The van der Waals surface area contributed by atoms with Crippen LogP contribution in [0.4, 0.5) is 5.69 Å². The van der Waals surface area contributed by atoms with Crippen LogP contribution < -0.4 is 9.47 Å². The molecule has 2 nitrogen and oxygen atoms in total. The van der Waals surface area contributed by atoms with Crippen molar-refractivity contribution in [1.82, 2.24) is 0 Å². The van der Waals surface area contributed by atoms with Gasteiger partial charge in [-0.15, -0.1) is 0 Å². The van der Waals surface area contributed by atoms with Crippen LogP contribution in [0.1, 0.15) is 20.3 Å². The first-order chi connectivity index (χ1) is 10.7. The number of nitrogens with zero attached hydrogens (tertiary/aromatic N) is 2. The summed E-state index contributed by atoms with van der Waals surface area (Å²) in [4.78, 5) is 0. The number of para-hydroxylation sites is 1. The molecule has 114 valence electrons. The van der Waals surface area contributed by atoms with Gasteiger partial charge in [-0.2, -0.15) is 0 Å². The molecule has 2 aromatic rings. The van der Waals surface area contributed by atoms with Gasteiger partial charge in [0.15, 0.2) is 0 Å². The van der Waals surface area contributed by atoms with Crippen molar-refractivity contribution in [3.05, 3.63) is 60.7 Å². The molecule has 0 aliphatic carbocycles. The molecule has 0 radical (unpaired) electrons. The number of rotatable bonds is 5. The van der Waals surface area contributed by atoms with E-state index in [0.717, 1.165) is 6.42 Å². The van der Waals surface area contributed by atoms with Gasteiger partial charge in [-0.25, -0.2) is 0 Å². The quantitative estimate of drug-likeness (QED) is 0.745. The first-order valence-corrected chi connectivity index (χ1v) is 9.90. The minimum absolute atomic E-state index is 0.500. The van der Waals surface area contributed by atoms with Crippen LogP contribution in [-0.2, 0) is 0 Å². The van der Waals surface area contributed by atoms with Gasteiger partial charge < -0.3 is 0 Å². The Hall–Kier alpha value is -1.57. The van der Waals surface area contributed by atoms with E-state index in [9.17, 15) is 0 Å². The number of anilines is 1. The molecule has 1 atom stereocenters. The molecule has 22 heavy (non-hydrogen) atoms. The van der Waals surface area contributed by atoms with Crippen LogP contribution in [-0.4, -0.2) is 26.7 Å². The fourth-order valence-electron chi connectivity index (χ4n) is 2.63. The Kier molecular flexibility index (Phi) is 4.97. The molecule has 0 amide bonds. The summed E-state index contributed by atoms with van der Waals surface area (Å²) in [5.41, 5.74) is 2.55. The molecule has 2 aromatic carbocycles. The topological polar surface area (TPSA) is 15.6 Å². The van der Waals surface area contributed by atoms with E-state index in [4.69, 9.17) is 5.10 Å². The van der Waals surface area contributed by atoms with Gasteiger partial charge in [-0.1, -0.05) is 0 Å². The fraction of sp³-hybridized carbons (Fsp3) is 0.316. The second-order valence-electron chi connectivity index (χ2n) is 5.91. The Morgan fingerprint density at radius 1 is 1.05 bits per heavy atom. The second kappa shape index (κ2) is 7.13. The minimum atomic E-state index is 0.500. The van der Waals surface area contributed by atoms with Crippen LogP contribution in [0.3, 0.4) is 0 Å². The molecule has 0 fully saturated rings. The van der Waals surface area contributed by atoms with Crippen LogP contribution in [0.5, 0.6) is 0 Å². The Labute approximate surface area is 139 Å². The third-order valence-electron chi connectivity index (χ3n) is 3.90. The normalized spacial score (nSPS) is 17.9. The zero-order valence-electron chi connectivity index (χ0n) is 13.1. The van der Waals surface area contributed by atoms with Crippen LogP contribution in [0.2, 0.25) is 5.32 Å². The van der Waals surface area contributed by atoms with Crippen molar-refractivity contribution >= 4 is 30.8 Å². The molecule has 0 saturated carbocycles. The molecule has 0 spiro atoms. The predicted molar refractivity (Wildman–Crippen MR) is 96.2 cm³/mol. The molecule has 0 bridgehead atoms. The van der Waals surface area contributed by atoms with Crippen molar-refractivity contribution in [3.8, 4) is 0 Å². The van der Waals surface area contributed by atoms with Crippen LogP contribution >= 0.6 is 0 Å². The molecule has 1 unspecified atom stereocenters. The molecule has 0 aromatic heterocycles. The molecule has 3 heteroatoms. The van der Waals surface area contributed by atoms with E-state index in [1.165, 1.54) is 21.2 Å². The monoisotopic (exact) mass is 358 g/mol. The van der Waals surface area contributed by atoms with E-state index < -0.39 is 0 Å². The molecular weight excluding hydrogens is 335 g/mol. The van der Waals surface area contributed by atoms with Crippen molar-refractivity contribution in [3.63, 3.8) is 0 Å². The summed E-state index contributed by atoms with van der Waals surface area (Å²) < 4.78 is 1.47. The number of hydrazone groups is 1. The standard InChI is InChI=1S/C19H22N2Se/c1-15(2)19-13-17(14-22-18-11-7-4-8-12-18)21(20-19)16-9-5-3-6-10-16/h3-12,15,17H,13-14H2,1-2H3. The molecule has 1 aliphatic heterocycles. The van der Waals surface area contributed by atoms with Crippen molar-refractivity contribution in [2.45, 2.75) is 31.6 Å². The summed E-state index contributed by atoms with van der Waals surface area (Å²) >= 11 is 0.501. The van der Waals surface area contributed by atoms with E-state index in [1.807, 2.05) is 0 Å². The van der Waals surface area contributed by atoms with E-state index in [-0.39, 0.29) is 0 Å². The zero-order valence-corrected chi connectivity index (χ0v) is 14.9. The van der Waals surface area contributed by atoms with E-state index in [1.54, 1.807) is 0 Å². The molecular formula is C19H22N2Se. The SMILES string of the molecule is CC(C)C1=NN(c2ccccc2)C(C[Se]c2ccccc2)C1. The van der Waals surface area contributed by atoms with Crippen LogP contribution in [0.25, 0.3) is 0 Å². The Balaban J connectivity index is 1.74. The number of benzene rings is 2. The van der Waals surface area contributed by atoms with Gasteiger partial charge in [0, 0.05) is 0 Å². The predicted octanol–water partition coefficient (Wildman–Crippen LogP) is 3.73. The van der Waals surface area contributed by atoms with Gasteiger partial charge in [-0.3, -0.25) is 0 Å². The average molecular weight is 357 g/mol. The molecule has 0 saturated heterocycles. The molecule has 1 heterocycles. The third-order valence-corrected chi connectivity index (χ3v) is 6.33. The van der Waals surface area contributed by atoms with Crippen molar-refractivity contribution in [2.24, 2.45) is 11.0 Å². The Morgan fingerprint density at radius 2 is 1.68 bits per heavy atom. The van der Waals surface area contributed by atoms with Gasteiger partial charge in [0.25, 0.3) is 0 Å². The fourth-order valence-corrected chi connectivity index (χ4v) is 4.71. The molecule has 3 rings (SSSR count). The second-order valence-corrected chi connectivity index (χ2v) is 8.20. The van der Waals surface area contributed by atoms with Crippen molar-refractivity contribution < 1.29 is 0 Å². The van der Waals surface area contributed by atoms with Crippen LogP contribution in [0.15, 0.2) is 65.8 Å². The third kappa shape index (κ3) is 3.60. The molecule has 1 aliphatic rings.